The molecule has 4 rings (SSSR count). The van der Waals surface area contributed by atoms with Crippen molar-refractivity contribution >= 4 is 46.1 Å². The molecule has 4 aromatic rings. The summed E-state index contributed by atoms with van der Waals surface area (Å²) < 4.78 is 31.5. The summed E-state index contributed by atoms with van der Waals surface area (Å²) in [5.74, 6) is -3.18. The number of fused-ring (bicyclic) bond motifs is 1. The second-order valence-corrected chi connectivity index (χ2v) is 9.15. The van der Waals surface area contributed by atoms with Crippen LogP contribution in [0.15, 0.2) is 79.0 Å². The minimum Gasteiger partial charge on any atom is -0.542 e. The summed E-state index contributed by atoms with van der Waals surface area (Å²) in [5, 5.41) is 13.3. The summed E-state index contributed by atoms with van der Waals surface area (Å²) in [6.45, 7) is 2.01. The minimum atomic E-state index is -5.19. The van der Waals surface area contributed by atoms with E-state index in [-0.39, 0.29) is 17.9 Å². The zero-order chi connectivity index (χ0) is 27.9. The fourth-order valence-electron chi connectivity index (χ4n) is 3.63. The van der Waals surface area contributed by atoms with Crippen LogP contribution < -0.4 is 10.4 Å². The van der Waals surface area contributed by atoms with Gasteiger partial charge in [-0.15, -0.1) is 0 Å². The lowest BCUT2D eigenvalue weighted by Gasteiger charge is -2.26. The van der Waals surface area contributed by atoms with E-state index in [1.807, 2.05) is 73.7 Å². The Morgan fingerprint density at radius 3 is 2.08 bits per heavy atom. The van der Waals surface area contributed by atoms with Gasteiger partial charge in [0.2, 0.25) is 0 Å². The number of nitrogens with one attached hydrogen (secondary N) is 1. The molecular weight excluding hydrogens is 542 g/mol. The first kappa shape index (κ1) is 28.9. The van der Waals surface area contributed by atoms with E-state index in [2.05, 4.69) is 15.3 Å². The summed E-state index contributed by atoms with van der Waals surface area (Å²) in [5.41, 5.74) is 4.06. The van der Waals surface area contributed by atoms with Gasteiger partial charge in [0, 0.05) is 28.2 Å². The minimum absolute atomic E-state index is 0.0458. The number of alkyl halides is 3. The van der Waals surface area contributed by atoms with Gasteiger partial charge in [0.25, 0.3) is 5.91 Å². The number of nitrogens with zero attached hydrogens (tertiary/aromatic N) is 2. The number of hydrogen-bond acceptors (Lipinski definition) is 5. The molecule has 0 spiro atoms. The van der Waals surface area contributed by atoms with Crippen molar-refractivity contribution in [1.82, 2.24) is 15.3 Å². The maximum atomic E-state index is 13.0. The molecule has 2 aromatic heterocycles. The van der Waals surface area contributed by atoms with E-state index in [4.69, 9.17) is 33.1 Å². The molecule has 2 heterocycles. The lowest BCUT2D eigenvalue weighted by atomic mass is 9.86. The van der Waals surface area contributed by atoms with Crippen LogP contribution in [0, 0.1) is 0 Å². The molecule has 0 aliphatic carbocycles. The van der Waals surface area contributed by atoms with Gasteiger partial charge in [0.05, 0.1) is 11.0 Å². The van der Waals surface area contributed by atoms with Crippen LogP contribution in [0.2, 0.25) is 10.0 Å². The molecule has 0 fully saturated rings. The molecule has 2 aromatic carbocycles. The molecule has 2 atom stereocenters. The van der Waals surface area contributed by atoms with Crippen molar-refractivity contribution in [1.29, 1.82) is 0 Å². The maximum absolute atomic E-state index is 13.0. The topological polar surface area (TPSA) is 95.0 Å². The molecule has 11 heteroatoms. The number of hydrogen-bond donors (Lipinski definition) is 1. The second-order valence-electron chi connectivity index (χ2n) is 8.27. The Labute approximate surface area is 226 Å². The fraction of sp³-hybridized carbons (Fsp3) is 0.185. The Bertz CT molecular complexity index is 1400. The predicted octanol–water partition coefficient (Wildman–Crippen LogP) is 5.38. The number of pyridine rings is 2. The monoisotopic (exact) mass is 562 g/mol. The zero-order valence-corrected chi connectivity index (χ0v) is 21.4. The highest BCUT2D eigenvalue weighted by Gasteiger charge is 2.29. The molecule has 0 unspecified atom stereocenters. The lowest BCUT2D eigenvalue weighted by molar-refractivity contribution is -0.344. The van der Waals surface area contributed by atoms with E-state index in [1.165, 1.54) is 0 Å². The number of amides is 1. The zero-order valence-electron chi connectivity index (χ0n) is 19.9. The Hall–Kier alpha value is -3.69. The van der Waals surface area contributed by atoms with Gasteiger partial charge in [0.1, 0.15) is 11.7 Å². The summed E-state index contributed by atoms with van der Waals surface area (Å²) in [4.78, 5) is 30.5. The molecule has 38 heavy (non-hydrogen) atoms. The van der Waals surface area contributed by atoms with Gasteiger partial charge >= 0.3 is 6.18 Å². The third-order valence-electron chi connectivity index (χ3n) is 5.55. The van der Waals surface area contributed by atoms with Crippen LogP contribution in [-0.4, -0.2) is 34.1 Å². The molecular formula is C27H21Cl2F3N3O3-. The number of rotatable bonds is 6. The van der Waals surface area contributed by atoms with Crippen LogP contribution in [0.25, 0.3) is 11.0 Å². The quantitative estimate of drug-likeness (QED) is 0.340. The smallest absolute Gasteiger partial charge is 0.430 e. The van der Waals surface area contributed by atoms with E-state index in [0.717, 1.165) is 23.1 Å². The molecule has 0 aliphatic rings. The first-order valence-electron chi connectivity index (χ1n) is 11.2. The van der Waals surface area contributed by atoms with E-state index < -0.39 is 12.1 Å². The normalized spacial score (nSPS) is 12.7. The van der Waals surface area contributed by atoms with Crippen molar-refractivity contribution in [2.45, 2.75) is 31.5 Å². The molecule has 0 aliphatic heterocycles. The molecule has 198 valence electrons. The fourth-order valence-corrected chi connectivity index (χ4v) is 3.88. The number of carbonyl (C=O) groups excluding carboxylic acids is 2. The van der Waals surface area contributed by atoms with Crippen molar-refractivity contribution < 1.29 is 27.9 Å². The summed E-state index contributed by atoms with van der Waals surface area (Å²) in [6.07, 6.45) is -2.74. The van der Waals surface area contributed by atoms with Gasteiger partial charge in [-0.2, -0.15) is 13.2 Å². The number of aliphatic carboxylic acids is 1. The van der Waals surface area contributed by atoms with Gasteiger partial charge in [-0.05, 0) is 73.0 Å². The Kier molecular flexibility index (Phi) is 9.66. The van der Waals surface area contributed by atoms with Crippen molar-refractivity contribution in [2.24, 2.45) is 0 Å². The number of benzene rings is 2. The van der Waals surface area contributed by atoms with Gasteiger partial charge < -0.3 is 15.2 Å². The molecule has 1 N–H and O–H groups in total. The molecule has 0 bridgehead atoms. The van der Waals surface area contributed by atoms with Gasteiger partial charge in [0.15, 0.2) is 0 Å². The number of halogens is 5. The predicted molar refractivity (Wildman–Crippen MR) is 137 cm³/mol. The maximum Gasteiger partial charge on any atom is 0.430 e. The number of carbonyl (C=O) groups is 2. The van der Waals surface area contributed by atoms with Crippen LogP contribution in [0.5, 0.6) is 0 Å². The van der Waals surface area contributed by atoms with Crippen LogP contribution in [0.4, 0.5) is 13.2 Å². The highest BCUT2D eigenvalue weighted by atomic mass is 35.5. The lowest BCUT2D eigenvalue weighted by Crippen LogP contribution is -2.38. The number of carboxylic acid groups (broad SMARTS) is 1. The summed E-state index contributed by atoms with van der Waals surface area (Å²) in [6, 6.07) is 22.6. The second kappa shape index (κ2) is 12.7. The Balaban J connectivity index is 0.000000505. The van der Waals surface area contributed by atoms with Crippen LogP contribution in [0.3, 0.4) is 0 Å². The largest absolute Gasteiger partial charge is 0.542 e. The third-order valence-corrected chi connectivity index (χ3v) is 6.05. The van der Waals surface area contributed by atoms with Crippen LogP contribution >= 0.6 is 23.2 Å². The average molecular weight is 563 g/mol. The van der Waals surface area contributed by atoms with E-state index in [1.54, 1.807) is 12.3 Å². The van der Waals surface area contributed by atoms with E-state index in [9.17, 15) is 18.0 Å². The summed E-state index contributed by atoms with van der Waals surface area (Å²) >= 11 is 12.1. The van der Waals surface area contributed by atoms with Crippen molar-refractivity contribution in [3.8, 4) is 0 Å². The van der Waals surface area contributed by atoms with Gasteiger partial charge in [-0.3, -0.25) is 9.78 Å². The SMILES string of the molecule is C[C@@H](NC(=O)c1ccc2ncccc2n1)[C@H](Cc1ccc(Cl)cc1)c1ccc(Cl)cc1.O=C([O-])C(F)(F)F. The molecule has 0 saturated carbocycles. The number of carboxylic acids is 1. The Morgan fingerprint density at radius 1 is 0.921 bits per heavy atom. The van der Waals surface area contributed by atoms with Crippen molar-refractivity contribution in [3.05, 3.63) is 106 Å². The Morgan fingerprint density at radius 2 is 1.50 bits per heavy atom. The van der Waals surface area contributed by atoms with Crippen molar-refractivity contribution in [3.63, 3.8) is 0 Å². The van der Waals surface area contributed by atoms with Gasteiger partial charge in [-0.25, -0.2) is 4.98 Å². The van der Waals surface area contributed by atoms with Crippen LogP contribution in [0.1, 0.15) is 34.5 Å². The molecule has 0 saturated heterocycles. The van der Waals surface area contributed by atoms with E-state index >= 15 is 0 Å². The van der Waals surface area contributed by atoms with Crippen LogP contribution in [-0.2, 0) is 11.2 Å². The third kappa shape index (κ3) is 8.16. The molecule has 0 radical (unpaired) electrons. The number of aromatic nitrogens is 2. The highest BCUT2D eigenvalue weighted by molar-refractivity contribution is 6.30. The van der Waals surface area contributed by atoms with Crippen molar-refractivity contribution in [2.75, 3.05) is 0 Å². The highest BCUT2D eigenvalue weighted by Crippen LogP contribution is 2.27. The summed E-state index contributed by atoms with van der Waals surface area (Å²) in [7, 11) is 0. The average Bonchev–Trinajstić information content (AvgIpc) is 2.88. The first-order valence-corrected chi connectivity index (χ1v) is 12.0. The molecule has 6 nitrogen and oxygen atoms in total. The van der Waals surface area contributed by atoms with Gasteiger partial charge in [-0.1, -0.05) is 47.5 Å². The van der Waals surface area contributed by atoms with E-state index in [0.29, 0.717) is 21.3 Å². The molecule has 1 amide bonds. The standard InChI is InChI=1S/C25H21Cl2N3O.C2HF3O2/c1-16(29-25(31)24-13-12-22-23(30-24)3-2-14-28-22)21(18-6-10-20(27)11-7-18)15-17-4-8-19(26)9-5-17;3-2(4,5)1(6)7/h2-14,16,21H,15H2,1H3,(H,29,31);(H,6,7)/p-1/t16-,21+;/m1./s1. The first-order chi connectivity index (χ1) is 17.9.